The molecule has 17 heavy (non-hydrogen) atoms. The number of H-pyrrole nitrogens is 1. The molecule has 6 heteroatoms. The molecule has 1 atom stereocenters. The Morgan fingerprint density at radius 3 is 2.82 bits per heavy atom. The summed E-state index contributed by atoms with van der Waals surface area (Å²) in [5, 5.41) is 16.7. The highest BCUT2D eigenvalue weighted by Gasteiger charge is 2.13. The number of benzene rings is 1. The zero-order chi connectivity index (χ0) is 12.4. The van der Waals surface area contributed by atoms with Gasteiger partial charge >= 0.3 is 0 Å². The van der Waals surface area contributed by atoms with Gasteiger partial charge in [-0.15, -0.1) is 0 Å². The molecule has 4 nitrogen and oxygen atoms in total. The van der Waals surface area contributed by atoms with Crippen LogP contribution in [0.1, 0.15) is 24.2 Å². The molecule has 2 rings (SSSR count). The van der Waals surface area contributed by atoms with Crippen LogP contribution in [0.3, 0.4) is 0 Å². The highest BCUT2D eigenvalue weighted by Crippen LogP contribution is 2.33. The van der Waals surface area contributed by atoms with Gasteiger partial charge in [-0.1, -0.05) is 0 Å². The van der Waals surface area contributed by atoms with Crippen molar-refractivity contribution < 1.29 is 9.50 Å². The van der Waals surface area contributed by atoms with Gasteiger partial charge in [-0.25, -0.2) is 9.37 Å². The van der Waals surface area contributed by atoms with Crippen LogP contribution < -0.4 is 0 Å². The summed E-state index contributed by atoms with van der Waals surface area (Å²) in [6.07, 6.45) is 0.677. The molecule has 2 N–H and O–H groups in total. The van der Waals surface area contributed by atoms with Crippen LogP contribution in [0.2, 0.25) is 0 Å². The molecule has 1 heterocycles. The predicted octanol–water partition coefficient (Wildman–Crippen LogP) is 2.46. The van der Waals surface area contributed by atoms with E-state index in [1.807, 2.05) is 0 Å². The Morgan fingerprint density at radius 1 is 1.47 bits per heavy atom. The van der Waals surface area contributed by atoms with Crippen molar-refractivity contribution in [3.8, 4) is 0 Å². The van der Waals surface area contributed by atoms with Crippen molar-refractivity contribution in [3.63, 3.8) is 0 Å². The molecular formula is C11H12FN3OS. The third-order valence-corrected chi connectivity index (χ3v) is 3.30. The normalized spacial score (nSPS) is 12.7. The van der Waals surface area contributed by atoms with Crippen molar-refractivity contribution in [2.75, 3.05) is 0 Å². The first kappa shape index (κ1) is 12.1. The molecule has 0 aliphatic carbocycles. The number of aliphatic hydroxyl groups excluding tert-OH is 1. The maximum absolute atomic E-state index is 13.4. The Balaban J connectivity index is 2.41. The summed E-state index contributed by atoms with van der Waals surface area (Å²) in [4.78, 5) is 4.76. The van der Waals surface area contributed by atoms with Gasteiger partial charge < -0.3 is 5.11 Å². The number of rotatable bonds is 3. The van der Waals surface area contributed by atoms with E-state index in [1.54, 1.807) is 19.9 Å². The Hall–Kier alpha value is -1.40. The van der Waals surface area contributed by atoms with E-state index in [4.69, 9.17) is 0 Å². The molecule has 0 saturated carbocycles. The molecule has 0 radical (unpaired) electrons. The van der Waals surface area contributed by atoms with Gasteiger partial charge in [-0.05, 0) is 48.9 Å². The van der Waals surface area contributed by atoms with Crippen LogP contribution in [-0.4, -0.2) is 20.3 Å². The van der Waals surface area contributed by atoms with Gasteiger partial charge in [0.1, 0.15) is 12.1 Å². The summed E-state index contributed by atoms with van der Waals surface area (Å²) in [6.45, 7) is 3.29. The van der Waals surface area contributed by atoms with E-state index in [-0.39, 0.29) is 5.82 Å². The average molecular weight is 253 g/mol. The number of hydrogen-bond donors (Lipinski definition) is 2. The summed E-state index contributed by atoms with van der Waals surface area (Å²) in [5.41, 5.74) is 1.09. The largest absolute Gasteiger partial charge is 0.389 e. The van der Waals surface area contributed by atoms with Crippen LogP contribution in [-0.2, 0) is 0 Å². The lowest BCUT2D eigenvalue weighted by Crippen LogP contribution is -1.97. The predicted molar refractivity (Wildman–Crippen MR) is 62.3 cm³/mol. The van der Waals surface area contributed by atoms with Crippen LogP contribution in [0.15, 0.2) is 28.5 Å². The first-order chi connectivity index (χ1) is 8.08. The van der Waals surface area contributed by atoms with Gasteiger partial charge in [0.2, 0.25) is 0 Å². The Morgan fingerprint density at radius 2 is 2.24 bits per heavy atom. The second-order valence-electron chi connectivity index (χ2n) is 3.71. The van der Waals surface area contributed by atoms with Gasteiger partial charge in [0.25, 0.3) is 0 Å². The molecule has 2 aromatic rings. The Bertz CT molecular complexity index is 514. The second kappa shape index (κ2) is 4.85. The van der Waals surface area contributed by atoms with Gasteiger partial charge in [0, 0.05) is 4.90 Å². The van der Waals surface area contributed by atoms with Gasteiger partial charge in [0.05, 0.1) is 6.10 Å². The fourth-order valence-corrected chi connectivity index (χ4v) is 2.42. The monoisotopic (exact) mass is 253 g/mol. The number of aliphatic hydroxyl groups is 1. The van der Waals surface area contributed by atoms with Crippen molar-refractivity contribution in [1.82, 2.24) is 15.2 Å². The minimum atomic E-state index is -0.726. The molecule has 0 bridgehead atoms. The molecule has 0 fully saturated rings. The summed E-state index contributed by atoms with van der Waals surface area (Å²) in [5.74, 6) is -0.317. The lowest BCUT2D eigenvalue weighted by Gasteiger charge is -2.12. The SMILES string of the molecule is Cc1cc(Sc2ncn[nH]2)c([C@H](C)O)cc1F. The smallest absolute Gasteiger partial charge is 0.188 e. The average Bonchev–Trinajstić information content (AvgIpc) is 2.75. The summed E-state index contributed by atoms with van der Waals surface area (Å²) < 4.78 is 13.4. The van der Waals surface area contributed by atoms with E-state index in [0.717, 1.165) is 4.90 Å². The van der Waals surface area contributed by atoms with Crippen molar-refractivity contribution in [2.45, 2.75) is 30.0 Å². The Labute approximate surface area is 102 Å². The fraction of sp³-hybridized carbons (Fsp3) is 0.273. The van der Waals surface area contributed by atoms with E-state index in [2.05, 4.69) is 15.2 Å². The minimum Gasteiger partial charge on any atom is -0.389 e. The highest BCUT2D eigenvalue weighted by atomic mass is 32.2. The van der Waals surface area contributed by atoms with Gasteiger partial charge in [-0.3, -0.25) is 5.10 Å². The van der Waals surface area contributed by atoms with Gasteiger partial charge in [-0.2, -0.15) is 5.10 Å². The van der Waals surface area contributed by atoms with Crippen LogP contribution in [0.25, 0.3) is 0 Å². The fourth-order valence-electron chi connectivity index (χ4n) is 1.43. The van der Waals surface area contributed by atoms with Crippen LogP contribution in [0.5, 0.6) is 0 Å². The molecule has 0 amide bonds. The molecule has 0 saturated heterocycles. The summed E-state index contributed by atoms with van der Waals surface area (Å²) in [7, 11) is 0. The highest BCUT2D eigenvalue weighted by molar-refractivity contribution is 7.99. The number of halogens is 1. The van der Waals surface area contributed by atoms with Crippen LogP contribution >= 0.6 is 11.8 Å². The molecule has 90 valence electrons. The molecule has 1 aromatic heterocycles. The van der Waals surface area contributed by atoms with Crippen molar-refractivity contribution in [1.29, 1.82) is 0 Å². The first-order valence-electron chi connectivity index (χ1n) is 5.09. The minimum absolute atomic E-state index is 0.317. The second-order valence-corrected chi connectivity index (χ2v) is 4.74. The van der Waals surface area contributed by atoms with E-state index in [1.165, 1.54) is 24.2 Å². The number of hydrogen-bond acceptors (Lipinski definition) is 4. The maximum atomic E-state index is 13.4. The van der Waals surface area contributed by atoms with Crippen LogP contribution in [0.4, 0.5) is 4.39 Å². The number of aryl methyl sites for hydroxylation is 1. The molecule has 1 aromatic carbocycles. The van der Waals surface area contributed by atoms with Gasteiger partial charge in [0.15, 0.2) is 5.16 Å². The Kier molecular flexibility index (Phi) is 3.44. The lowest BCUT2D eigenvalue weighted by molar-refractivity contribution is 0.196. The number of aromatic amines is 1. The van der Waals surface area contributed by atoms with Crippen molar-refractivity contribution in [2.24, 2.45) is 0 Å². The van der Waals surface area contributed by atoms with Crippen molar-refractivity contribution in [3.05, 3.63) is 35.4 Å². The van der Waals surface area contributed by atoms with Crippen LogP contribution in [0, 0.1) is 12.7 Å². The quantitative estimate of drug-likeness (QED) is 0.882. The molecule has 0 aliphatic rings. The number of nitrogens with zero attached hydrogens (tertiary/aromatic N) is 2. The molecule has 0 aliphatic heterocycles. The third kappa shape index (κ3) is 2.65. The third-order valence-electron chi connectivity index (χ3n) is 2.34. The zero-order valence-electron chi connectivity index (χ0n) is 9.44. The van der Waals surface area contributed by atoms with E-state index in [0.29, 0.717) is 16.3 Å². The topological polar surface area (TPSA) is 61.8 Å². The van der Waals surface area contributed by atoms with Crippen molar-refractivity contribution >= 4 is 11.8 Å². The van der Waals surface area contributed by atoms with E-state index < -0.39 is 6.10 Å². The standard InChI is InChI=1S/C11H12FN3OS/c1-6-3-10(17-11-13-5-14-15-11)8(7(2)16)4-9(6)12/h3-5,7,16H,1-2H3,(H,13,14,15)/t7-/m0/s1. The maximum Gasteiger partial charge on any atom is 0.188 e. The molecule has 0 spiro atoms. The molecular weight excluding hydrogens is 241 g/mol. The zero-order valence-corrected chi connectivity index (χ0v) is 10.3. The number of aromatic nitrogens is 3. The number of nitrogens with one attached hydrogen (secondary N) is 1. The summed E-state index contributed by atoms with van der Waals surface area (Å²) >= 11 is 1.32. The lowest BCUT2D eigenvalue weighted by atomic mass is 10.1. The summed E-state index contributed by atoms with van der Waals surface area (Å²) in [6, 6.07) is 3.06. The van der Waals surface area contributed by atoms with E-state index >= 15 is 0 Å². The first-order valence-corrected chi connectivity index (χ1v) is 5.91. The molecule has 0 unspecified atom stereocenters. The van der Waals surface area contributed by atoms with E-state index in [9.17, 15) is 9.50 Å².